The summed E-state index contributed by atoms with van der Waals surface area (Å²) in [4.78, 5) is 34.1. The number of nitrogens with one attached hydrogen (secondary N) is 2. The number of hydrogen-bond donors (Lipinski definition) is 3. The van der Waals surface area contributed by atoms with E-state index >= 15 is 0 Å². The second-order valence-electron chi connectivity index (χ2n) is 6.69. The van der Waals surface area contributed by atoms with Crippen LogP contribution in [0.5, 0.6) is 0 Å². The van der Waals surface area contributed by atoms with Crippen LogP contribution in [0.1, 0.15) is 35.0 Å². The van der Waals surface area contributed by atoms with Gasteiger partial charge in [-0.1, -0.05) is 13.0 Å². The quantitative estimate of drug-likeness (QED) is 0.388. The van der Waals surface area contributed by atoms with Gasteiger partial charge in [-0.2, -0.15) is 5.26 Å². The summed E-state index contributed by atoms with van der Waals surface area (Å²) in [6, 6.07) is 5.70. The van der Waals surface area contributed by atoms with Crippen molar-refractivity contribution in [2.24, 2.45) is 0 Å². The van der Waals surface area contributed by atoms with Crippen LogP contribution in [-0.2, 0) is 4.74 Å². The summed E-state index contributed by atoms with van der Waals surface area (Å²) in [5.74, 6) is 0.487. The van der Waals surface area contributed by atoms with Gasteiger partial charge in [0, 0.05) is 25.9 Å². The Hall–Kier alpha value is -3.55. The van der Waals surface area contributed by atoms with Crippen LogP contribution in [0.15, 0.2) is 24.4 Å². The molecule has 0 aliphatic rings. The number of urea groups is 1. The molecule has 31 heavy (non-hydrogen) atoms. The normalized spacial score (nSPS) is 11.3. The maximum atomic E-state index is 13.2. The molecule has 0 aliphatic carbocycles. The van der Waals surface area contributed by atoms with E-state index in [4.69, 9.17) is 4.74 Å². The van der Waals surface area contributed by atoms with Crippen molar-refractivity contribution < 1.29 is 19.4 Å². The smallest absolute Gasteiger partial charge is 0.329 e. The number of aromatic nitrogens is 2. The zero-order chi connectivity index (χ0) is 22.8. The Labute approximate surface area is 180 Å². The fourth-order valence-corrected chi connectivity index (χ4v) is 2.89. The van der Waals surface area contributed by atoms with Crippen molar-refractivity contribution in [2.75, 3.05) is 42.4 Å². The first-order chi connectivity index (χ1) is 15.0. The van der Waals surface area contributed by atoms with Crippen LogP contribution in [0.4, 0.5) is 22.1 Å². The van der Waals surface area contributed by atoms with Crippen LogP contribution in [-0.4, -0.2) is 60.3 Å². The van der Waals surface area contributed by atoms with Crippen molar-refractivity contribution in [3.8, 4) is 6.07 Å². The Bertz CT molecular complexity index is 955. The van der Waals surface area contributed by atoms with Gasteiger partial charge in [-0.25, -0.2) is 14.8 Å². The van der Waals surface area contributed by atoms with Crippen molar-refractivity contribution in [3.05, 3.63) is 41.2 Å². The number of nitrogens with zero attached hydrogens (tertiary/aromatic N) is 4. The highest BCUT2D eigenvalue weighted by Gasteiger charge is 2.27. The molecule has 1 unspecified atom stereocenters. The molecular formula is C21H26N6O4. The summed E-state index contributed by atoms with van der Waals surface area (Å²) in [6.45, 7) is 4.21. The number of carbonyl (C=O) groups is 2. The third-order valence-electron chi connectivity index (χ3n) is 4.59. The molecule has 10 heteroatoms. The minimum Gasteiger partial charge on any atom is -0.394 e. The Morgan fingerprint density at radius 2 is 2.23 bits per heavy atom. The molecule has 2 aromatic heterocycles. The van der Waals surface area contributed by atoms with Gasteiger partial charge in [0.15, 0.2) is 6.29 Å². The van der Waals surface area contributed by atoms with Crippen LogP contribution in [0, 0.1) is 18.3 Å². The number of hydrogen-bond acceptors (Lipinski definition) is 8. The predicted octanol–water partition coefficient (Wildman–Crippen LogP) is 2.34. The minimum absolute atomic E-state index is 0.173. The van der Waals surface area contributed by atoms with Crippen molar-refractivity contribution in [1.29, 1.82) is 5.26 Å². The zero-order valence-electron chi connectivity index (χ0n) is 17.8. The molecule has 3 N–H and O–H groups in total. The van der Waals surface area contributed by atoms with Gasteiger partial charge >= 0.3 is 6.03 Å². The predicted molar refractivity (Wildman–Crippen MR) is 116 cm³/mol. The lowest BCUT2D eigenvalue weighted by molar-refractivity contribution is 0.111. The van der Waals surface area contributed by atoms with E-state index < -0.39 is 12.1 Å². The molecule has 0 aromatic carbocycles. The van der Waals surface area contributed by atoms with Gasteiger partial charge in [-0.15, -0.1) is 0 Å². The molecule has 0 saturated carbocycles. The minimum atomic E-state index is -0.570. The lowest BCUT2D eigenvalue weighted by Gasteiger charge is -2.30. The van der Waals surface area contributed by atoms with E-state index in [9.17, 15) is 20.0 Å². The van der Waals surface area contributed by atoms with Crippen LogP contribution < -0.4 is 15.5 Å². The van der Waals surface area contributed by atoms with Gasteiger partial charge in [0.05, 0.1) is 30.5 Å². The number of aliphatic hydroxyl groups excluding tert-OH is 1. The van der Waals surface area contributed by atoms with Gasteiger partial charge in [0.25, 0.3) is 0 Å². The SMILES string of the molecule is CCC(CO)N(C(=O)Nc1cc(NCCOC)c(C#N)cn1)c1nc(C=O)ccc1C. The molecule has 0 aliphatic heterocycles. The molecule has 0 spiro atoms. The van der Waals surface area contributed by atoms with E-state index in [1.807, 2.05) is 13.0 Å². The second-order valence-corrected chi connectivity index (χ2v) is 6.69. The van der Waals surface area contributed by atoms with Gasteiger partial charge in [-0.05, 0) is 25.0 Å². The lowest BCUT2D eigenvalue weighted by Crippen LogP contribution is -2.46. The first-order valence-electron chi connectivity index (χ1n) is 9.75. The Kier molecular flexibility index (Phi) is 8.87. The number of aldehydes is 1. The highest BCUT2D eigenvalue weighted by Crippen LogP contribution is 2.24. The number of ether oxygens (including phenoxy) is 1. The van der Waals surface area contributed by atoms with Gasteiger partial charge in [-0.3, -0.25) is 15.0 Å². The third-order valence-corrected chi connectivity index (χ3v) is 4.59. The largest absolute Gasteiger partial charge is 0.394 e. The van der Waals surface area contributed by atoms with Crippen molar-refractivity contribution in [1.82, 2.24) is 9.97 Å². The van der Waals surface area contributed by atoms with Crippen LogP contribution >= 0.6 is 0 Å². The van der Waals surface area contributed by atoms with E-state index in [1.54, 1.807) is 32.2 Å². The average Bonchev–Trinajstić information content (AvgIpc) is 2.78. The third kappa shape index (κ3) is 5.97. The van der Waals surface area contributed by atoms with E-state index in [0.717, 1.165) is 0 Å². The molecular weight excluding hydrogens is 400 g/mol. The van der Waals surface area contributed by atoms with E-state index in [0.29, 0.717) is 42.7 Å². The monoisotopic (exact) mass is 426 g/mol. The molecule has 1 atom stereocenters. The number of anilines is 3. The molecule has 0 fully saturated rings. The van der Waals surface area contributed by atoms with Gasteiger partial charge in [0.2, 0.25) is 0 Å². The number of pyridine rings is 2. The van der Waals surface area contributed by atoms with Crippen LogP contribution in [0.25, 0.3) is 0 Å². The molecule has 0 bridgehead atoms. The van der Waals surface area contributed by atoms with Crippen molar-refractivity contribution in [2.45, 2.75) is 26.3 Å². The summed E-state index contributed by atoms with van der Waals surface area (Å²) in [7, 11) is 1.57. The summed E-state index contributed by atoms with van der Waals surface area (Å²) in [5.41, 5.74) is 1.67. The van der Waals surface area contributed by atoms with Crippen molar-refractivity contribution >= 4 is 29.6 Å². The highest BCUT2D eigenvalue weighted by molar-refractivity contribution is 6.02. The number of rotatable bonds is 10. The van der Waals surface area contributed by atoms with E-state index in [-0.39, 0.29) is 23.9 Å². The fourth-order valence-electron chi connectivity index (χ4n) is 2.89. The summed E-state index contributed by atoms with van der Waals surface area (Å²) < 4.78 is 5.00. The molecule has 2 amide bonds. The first-order valence-corrected chi connectivity index (χ1v) is 9.75. The molecule has 2 heterocycles. The number of carbonyl (C=O) groups excluding carboxylic acids is 2. The Balaban J connectivity index is 2.37. The molecule has 10 nitrogen and oxygen atoms in total. The molecule has 2 aromatic rings. The number of nitriles is 1. The lowest BCUT2D eigenvalue weighted by atomic mass is 10.1. The molecule has 2 rings (SSSR count). The van der Waals surface area contributed by atoms with Crippen LogP contribution in [0.2, 0.25) is 0 Å². The average molecular weight is 426 g/mol. The number of aliphatic hydroxyl groups is 1. The molecule has 0 saturated heterocycles. The highest BCUT2D eigenvalue weighted by atomic mass is 16.5. The maximum Gasteiger partial charge on any atom is 0.329 e. The van der Waals surface area contributed by atoms with E-state index in [1.165, 1.54) is 11.1 Å². The summed E-state index contributed by atoms with van der Waals surface area (Å²) in [6.07, 6.45) is 2.41. The number of methoxy groups -OCH3 is 1. The first kappa shape index (κ1) is 23.7. The number of amides is 2. The van der Waals surface area contributed by atoms with Gasteiger partial charge in [0.1, 0.15) is 23.4 Å². The number of aryl methyl sites for hydroxylation is 1. The van der Waals surface area contributed by atoms with Crippen molar-refractivity contribution in [3.63, 3.8) is 0 Å². The second kappa shape index (κ2) is 11.6. The molecule has 164 valence electrons. The van der Waals surface area contributed by atoms with Gasteiger partial charge < -0.3 is 15.2 Å². The maximum absolute atomic E-state index is 13.2. The fraction of sp³-hybridized carbons (Fsp3) is 0.381. The standard InChI is InChI=1S/C21H26N6O4/c1-4-17(13-29)27(20-14(2)5-6-16(12-28)25-20)21(30)26-19-9-18(23-7-8-31-3)15(10-22)11-24-19/h5-6,9,11-12,17,29H,4,7-8,13H2,1-3H3,(H2,23,24,26,30). The Morgan fingerprint density at radius 3 is 2.84 bits per heavy atom. The van der Waals surface area contributed by atoms with Crippen LogP contribution in [0.3, 0.4) is 0 Å². The van der Waals surface area contributed by atoms with E-state index in [2.05, 4.69) is 20.6 Å². The Morgan fingerprint density at radius 1 is 1.45 bits per heavy atom. The summed E-state index contributed by atoms with van der Waals surface area (Å²) >= 11 is 0. The molecule has 0 radical (unpaired) electrons. The zero-order valence-corrected chi connectivity index (χ0v) is 17.8. The summed E-state index contributed by atoms with van der Waals surface area (Å²) in [5, 5.41) is 24.9. The topological polar surface area (TPSA) is 140 Å².